The Kier molecular flexibility index (Phi) is 3.76. The number of hydrogen-bond donors (Lipinski definition) is 2. The van der Waals surface area contributed by atoms with Gasteiger partial charge in [0.1, 0.15) is 5.75 Å². The predicted molar refractivity (Wildman–Crippen MR) is 52.0 cm³/mol. The molecule has 1 aromatic rings. The number of alkyl halides is 3. The SMILES string of the molecule is O=C(CCC(F)(F)F)Nc1ccc(O)cc1. The van der Waals surface area contributed by atoms with Crippen molar-refractivity contribution in [3.8, 4) is 5.75 Å². The molecule has 1 rings (SSSR count). The average Bonchev–Trinajstić information content (AvgIpc) is 2.18. The van der Waals surface area contributed by atoms with Gasteiger partial charge in [-0.05, 0) is 24.3 Å². The number of carbonyl (C=O) groups excluding carboxylic acids is 1. The maximum Gasteiger partial charge on any atom is 0.389 e. The Bertz CT molecular complexity index is 359. The van der Waals surface area contributed by atoms with Crippen molar-refractivity contribution in [2.24, 2.45) is 0 Å². The van der Waals surface area contributed by atoms with Crippen LogP contribution < -0.4 is 5.32 Å². The summed E-state index contributed by atoms with van der Waals surface area (Å²) in [5.41, 5.74) is 0.352. The van der Waals surface area contributed by atoms with Crippen molar-refractivity contribution in [3.63, 3.8) is 0 Å². The van der Waals surface area contributed by atoms with Crippen molar-refractivity contribution in [2.75, 3.05) is 5.32 Å². The molecule has 6 heteroatoms. The third-order valence-corrected chi connectivity index (χ3v) is 1.79. The summed E-state index contributed by atoms with van der Waals surface area (Å²) in [6.07, 6.45) is -6.08. The van der Waals surface area contributed by atoms with Gasteiger partial charge in [-0.1, -0.05) is 0 Å². The number of rotatable bonds is 3. The second-order valence-corrected chi connectivity index (χ2v) is 3.21. The van der Waals surface area contributed by atoms with Gasteiger partial charge in [-0.15, -0.1) is 0 Å². The lowest BCUT2D eigenvalue weighted by Crippen LogP contribution is -2.16. The van der Waals surface area contributed by atoms with E-state index in [1.54, 1.807) is 0 Å². The lowest BCUT2D eigenvalue weighted by atomic mass is 10.2. The largest absolute Gasteiger partial charge is 0.508 e. The third kappa shape index (κ3) is 4.68. The molecule has 3 nitrogen and oxygen atoms in total. The predicted octanol–water partition coefficient (Wildman–Crippen LogP) is 2.67. The number of amides is 1. The summed E-state index contributed by atoms with van der Waals surface area (Å²) in [6.45, 7) is 0. The number of phenols is 1. The van der Waals surface area contributed by atoms with E-state index in [4.69, 9.17) is 5.11 Å². The van der Waals surface area contributed by atoms with Gasteiger partial charge in [-0.25, -0.2) is 0 Å². The van der Waals surface area contributed by atoms with Crippen molar-refractivity contribution in [2.45, 2.75) is 19.0 Å². The zero-order valence-corrected chi connectivity index (χ0v) is 8.21. The van der Waals surface area contributed by atoms with Crippen LogP contribution in [0.2, 0.25) is 0 Å². The molecule has 0 aliphatic rings. The number of benzene rings is 1. The van der Waals surface area contributed by atoms with Gasteiger partial charge in [-0.2, -0.15) is 13.2 Å². The summed E-state index contributed by atoms with van der Waals surface area (Å²) < 4.78 is 35.4. The highest BCUT2D eigenvalue weighted by atomic mass is 19.4. The molecule has 0 radical (unpaired) electrons. The Balaban J connectivity index is 2.43. The minimum Gasteiger partial charge on any atom is -0.508 e. The Morgan fingerprint density at radius 2 is 1.81 bits per heavy atom. The standard InChI is InChI=1S/C10H10F3NO2/c11-10(12,13)6-5-9(16)14-7-1-3-8(15)4-2-7/h1-4,15H,5-6H2,(H,14,16). The second kappa shape index (κ2) is 4.87. The Labute approximate surface area is 89.9 Å². The van der Waals surface area contributed by atoms with Gasteiger partial charge in [0, 0.05) is 12.1 Å². The maximum atomic E-state index is 11.8. The Morgan fingerprint density at radius 1 is 1.25 bits per heavy atom. The summed E-state index contributed by atoms with van der Waals surface area (Å²) >= 11 is 0. The molecular weight excluding hydrogens is 223 g/mol. The molecule has 0 aromatic heterocycles. The van der Waals surface area contributed by atoms with E-state index in [0.29, 0.717) is 5.69 Å². The van der Waals surface area contributed by atoms with Crippen LogP contribution in [0.3, 0.4) is 0 Å². The fourth-order valence-corrected chi connectivity index (χ4v) is 1.02. The normalized spacial score (nSPS) is 11.2. The van der Waals surface area contributed by atoms with E-state index < -0.39 is 24.9 Å². The Morgan fingerprint density at radius 3 is 2.31 bits per heavy atom. The summed E-state index contributed by atoms with van der Waals surface area (Å²) in [6, 6.07) is 5.47. The van der Waals surface area contributed by atoms with Gasteiger partial charge in [0.05, 0.1) is 6.42 Å². The summed E-state index contributed by atoms with van der Waals surface area (Å²) in [7, 11) is 0. The van der Waals surface area contributed by atoms with E-state index >= 15 is 0 Å². The minimum atomic E-state index is -4.33. The molecule has 2 N–H and O–H groups in total. The summed E-state index contributed by atoms with van der Waals surface area (Å²) in [5.74, 6) is -0.684. The highest BCUT2D eigenvalue weighted by Gasteiger charge is 2.27. The average molecular weight is 233 g/mol. The van der Waals surface area contributed by atoms with Crippen molar-refractivity contribution in [1.82, 2.24) is 0 Å². The highest BCUT2D eigenvalue weighted by molar-refractivity contribution is 5.90. The van der Waals surface area contributed by atoms with Crippen molar-refractivity contribution in [1.29, 1.82) is 0 Å². The van der Waals surface area contributed by atoms with Crippen LogP contribution in [-0.2, 0) is 4.79 Å². The molecule has 1 amide bonds. The van der Waals surface area contributed by atoms with E-state index in [2.05, 4.69) is 5.32 Å². The summed E-state index contributed by atoms with van der Waals surface area (Å²) in [4.78, 5) is 11.1. The van der Waals surface area contributed by atoms with Crippen molar-refractivity contribution in [3.05, 3.63) is 24.3 Å². The molecule has 16 heavy (non-hydrogen) atoms. The number of halogens is 3. The summed E-state index contributed by atoms with van der Waals surface area (Å²) in [5, 5.41) is 11.2. The van der Waals surface area contributed by atoms with Crippen LogP contribution >= 0.6 is 0 Å². The molecule has 0 saturated carbocycles. The molecule has 0 saturated heterocycles. The maximum absolute atomic E-state index is 11.8. The van der Waals surface area contributed by atoms with Gasteiger partial charge >= 0.3 is 6.18 Å². The molecule has 0 atom stereocenters. The van der Waals surface area contributed by atoms with Crippen molar-refractivity contribution < 1.29 is 23.1 Å². The fraction of sp³-hybridized carbons (Fsp3) is 0.300. The number of anilines is 1. The van der Waals surface area contributed by atoms with Gasteiger partial charge in [0.15, 0.2) is 0 Å². The molecule has 1 aromatic carbocycles. The fourth-order valence-electron chi connectivity index (χ4n) is 1.02. The van der Waals surface area contributed by atoms with E-state index in [-0.39, 0.29) is 5.75 Å². The first-order chi connectivity index (χ1) is 7.37. The molecule has 0 spiro atoms. The zero-order chi connectivity index (χ0) is 12.2. The zero-order valence-electron chi connectivity index (χ0n) is 8.21. The van der Waals surface area contributed by atoms with Crippen LogP contribution in [0.1, 0.15) is 12.8 Å². The van der Waals surface area contributed by atoms with Gasteiger partial charge in [-0.3, -0.25) is 4.79 Å². The molecule has 88 valence electrons. The number of aromatic hydroxyl groups is 1. The molecular formula is C10H10F3NO2. The molecule has 0 fully saturated rings. The topological polar surface area (TPSA) is 49.3 Å². The van der Waals surface area contributed by atoms with Gasteiger partial charge < -0.3 is 10.4 Å². The first-order valence-electron chi connectivity index (χ1n) is 4.52. The van der Waals surface area contributed by atoms with Crippen LogP contribution in [-0.4, -0.2) is 17.2 Å². The molecule has 0 aliphatic heterocycles. The van der Waals surface area contributed by atoms with E-state index in [9.17, 15) is 18.0 Å². The van der Waals surface area contributed by atoms with Crippen molar-refractivity contribution >= 4 is 11.6 Å². The number of hydrogen-bond acceptors (Lipinski definition) is 2. The first-order valence-corrected chi connectivity index (χ1v) is 4.52. The lowest BCUT2D eigenvalue weighted by Gasteiger charge is -2.07. The van der Waals surface area contributed by atoms with Gasteiger partial charge in [0.25, 0.3) is 0 Å². The molecule has 0 aliphatic carbocycles. The number of nitrogens with one attached hydrogen (secondary N) is 1. The number of phenolic OH excluding ortho intramolecular Hbond substituents is 1. The first kappa shape index (κ1) is 12.4. The molecule has 0 bridgehead atoms. The van der Waals surface area contributed by atoms with Gasteiger partial charge in [0.2, 0.25) is 5.91 Å². The van der Waals surface area contributed by atoms with Crippen LogP contribution in [0.25, 0.3) is 0 Å². The highest BCUT2D eigenvalue weighted by Crippen LogP contribution is 2.21. The van der Waals surface area contributed by atoms with Crippen LogP contribution in [0.4, 0.5) is 18.9 Å². The number of carbonyl (C=O) groups is 1. The van der Waals surface area contributed by atoms with Crippen LogP contribution in [0.15, 0.2) is 24.3 Å². The second-order valence-electron chi connectivity index (χ2n) is 3.21. The quantitative estimate of drug-likeness (QED) is 0.788. The van der Waals surface area contributed by atoms with Crippen LogP contribution in [0.5, 0.6) is 5.75 Å². The lowest BCUT2D eigenvalue weighted by molar-refractivity contribution is -0.142. The van der Waals surface area contributed by atoms with Crippen LogP contribution in [0, 0.1) is 0 Å². The van der Waals surface area contributed by atoms with E-state index in [1.165, 1.54) is 24.3 Å². The Hall–Kier alpha value is -1.72. The molecule has 0 unspecified atom stereocenters. The van der Waals surface area contributed by atoms with E-state index in [0.717, 1.165) is 0 Å². The molecule has 0 heterocycles. The minimum absolute atomic E-state index is 0.0216. The van der Waals surface area contributed by atoms with E-state index in [1.807, 2.05) is 0 Å². The monoisotopic (exact) mass is 233 g/mol. The third-order valence-electron chi connectivity index (χ3n) is 1.79. The smallest absolute Gasteiger partial charge is 0.389 e.